The van der Waals surface area contributed by atoms with E-state index in [1.807, 2.05) is 0 Å². The minimum absolute atomic E-state index is 0.100. The Morgan fingerprint density at radius 2 is 2.11 bits per heavy atom. The van der Waals surface area contributed by atoms with Gasteiger partial charge in [0.25, 0.3) is 0 Å². The summed E-state index contributed by atoms with van der Waals surface area (Å²) in [6.45, 7) is 8.63. The van der Waals surface area contributed by atoms with E-state index in [0.29, 0.717) is 5.92 Å². The molecule has 104 valence electrons. The maximum atomic E-state index is 11.6. The molecule has 1 aliphatic rings. The third-order valence-corrected chi connectivity index (χ3v) is 4.20. The van der Waals surface area contributed by atoms with Gasteiger partial charge in [-0.25, -0.2) is 4.79 Å². The zero-order chi connectivity index (χ0) is 13.8. The highest BCUT2D eigenvalue weighted by Crippen LogP contribution is 2.41. The smallest absolute Gasteiger partial charge is 0.396 e. The van der Waals surface area contributed by atoms with E-state index in [1.54, 1.807) is 6.92 Å². The highest BCUT2D eigenvalue weighted by molar-refractivity contribution is 6.32. The van der Waals surface area contributed by atoms with Gasteiger partial charge in [-0.1, -0.05) is 27.2 Å². The number of carbonyl (C=O) groups excluding carboxylic acids is 2. The molecule has 0 spiro atoms. The Morgan fingerprint density at radius 3 is 2.67 bits per heavy atom. The molecule has 1 saturated carbocycles. The van der Waals surface area contributed by atoms with E-state index in [-0.39, 0.29) is 18.1 Å². The summed E-state index contributed by atoms with van der Waals surface area (Å²) in [5, 5.41) is 2.80. The number of esters is 1. The number of rotatable bonds is 3. The monoisotopic (exact) mass is 255 g/mol. The van der Waals surface area contributed by atoms with Gasteiger partial charge in [0.1, 0.15) is 0 Å². The first-order chi connectivity index (χ1) is 8.39. The predicted molar refractivity (Wildman–Crippen MR) is 70.0 cm³/mol. The van der Waals surface area contributed by atoms with Crippen molar-refractivity contribution in [2.24, 2.45) is 11.3 Å². The predicted octanol–water partition coefficient (Wildman–Crippen LogP) is 2.27. The van der Waals surface area contributed by atoms with Gasteiger partial charge in [0.15, 0.2) is 0 Å². The van der Waals surface area contributed by atoms with Crippen LogP contribution in [0.2, 0.25) is 0 Å². The van der Waals surface area contributed by atoms with Crippen molar-refractivity contribution in [2.45, 2.75) is 59.4 Å². The molecule has 0 aromatic carbocycles. The average Bonchev–Trinajstić information content (AvgIpc) is 2.29. The summed E-state index contributed by atoms with van der Waals surface area (Å²) in [6, 6.07) is 0.100. The maximum absolute atomic E-state index is 11.6. The summed E-state index contributed by atoms with van der Waals surface area (Å²) < 4.78 is 4.69. The van der Waals surface area contributed by atoms with Gasteiger partial charge in [0, 0.05) is 6.04 Å². The van der Waals surface area contributed by atoms with Crippen LogP contribution in [0.5, 0.6) is 0 Å². The second kappa shape index (κ2) is 6.21. The summed E-state index contributed by atoms with van der Waals surface area (Å²) in [6.07, 6.45) is 4.18. The van der Waals surface area contributed by atoms with E-state index in [4.69, 9.17) is 4.74 Å². The number of hydrogen-bond donors (Lipinski definition) is 1. The molecule has 0 heterocycles. The zero-order valence-corrected chi connectivity index (χ0v) is 11.9. The van der Waals surface area contributed by atoms with E-state index in [0.717, 1.165) is 19.3 Å². The minimum Gasteiger partial charge on any atom is -0.459 e. The van der Waals surface area contributed by atoms with Crippen LogP contribution < -0.4 is 5.32 Å². The lowest BCUT2D eigenvalue weighted by molar-refractivity contribution is -0.155. The molecule has 0 saturated heterocycles. The van der Waals surface area contributed by atoms with Gasteiger partial charge in [-0.3, -0.25) is 4.79 Å². The fraction of sp³-hybridized carbons (Fsp3) is 0.857. The molecule has 0 aromatic rings. The topological polar surface area (TPSA) is 55.4 Å². The number of ether oxygens (including phenoxy) is 1. The molecule has 1 fully saturated rings. The summed E-state index contributed by atoms with van der Waals surface area (Å²) >= 11 is 0. The second-order valence-electron chi connectivity index (χ2n) is 5.80. The van der Waals surface area contributed by atoms with Gasteiger partial charge in [0.2, 0.25) is 0 Å². The molecule has 4 nitrogen and oxygen atoms in total. The summed E-state index contributed by atoms with van der Waals surface area (Å²) in [4.78, 5) is 22.9. The first-order valence-corrected chi connectivity index (χ1v) is 6.86. The fourth-order valence-corrected chi connectivity index (χ4v) is 2.61. The van der Waals surface area contributed by atoms with Crippen LogP contribution >= 0.6 is 0 Å². The standard InChI is InChI=1S/C14H25NO3/c1-5-18-13(17)12(16)15-11-7-6-8-14(4,9-11)10(2)3/h10-11H,5-9H2,1-4H3,(H,15,16). The van der Waals surface area contributed by atoms with E-state index < -0.39 is 11.9 Å². The molecule has 1 N–H and O–H groups in total. The van der Waals surface area contributed by atoms with Gasteiger partial charge < -0.3 is 10.1 Å². The molecule has 1 amide bonds. The van der Waals surface area contributed by atoms with Crippen LogP contribution in [-0.4, -0.2) is 24.5 Å². The molecule has 1 rings (SSSR count). The largest absolute Gasteiger partial charge is 0.459 e. The summed E-state index contributed by atoms with van der Waals surface area (Å²) in [5.74, 6) is -0.788. The van der Waals surface area contributed by atoms with Crippen molar-refractivity contribution in [3.05, 3.63) is 0 Å². The lowest BCUT2D eigenvalue weighted by Gasteiger charge is -2.41. The van der Waals surface area contributed by atoms with Gasteiger partial charge in [-0.15, -0.1) is 0 Å². The van der Waals surface area contributed by atoms with Gasteiger partial charge in [-0.2, -0.15) is 0 Å². The van der Waals surface area contributed by atoms with E-state index in [2.05, 4.69) is 26.1 Å². The first kappa shape index (κ1) is 15.0. The number of amides is 1. The van der Waals surface area contributed by atoms with E-state index in [9.17, 15) is 9.59 Å². The average molecular weight is 255 g/mol. The Bertz CT molecular complexity index is 314. The van der Waals surface area contributed by atoms with Gasteiger partial charge in [-0.05, 0) is 37.5 Å². The van der Waals surface area contributed by atoms with Crippen molar-refractivity contribution in [2.75, 3.05) is 6.61 Å². The van der Waals surface area contributed by atoms with Crippen molar-refractivity contribution in [3.63, 3.8) is 0 Å². The highest BCUT2D eigenvalue weighted by atomic mass is 16.5. The minimum atomic E-state index is -0.769. The van der Waals surface area contributed by atoms with Crippen LogP contribution in [0.3, 0.4) is 0 Å². The lowest BCUT2D eigenvalue weighted by atomic mass is 9.67. The molecule has 4 heteroatoms. The normalized spacial score (nSPS) is 27.9. The van der Waals surface area contributed by atoms with E-state index >= 15 is 0 Å². The SMILES string of the molecule is CCOC(=O)C(=O)NC1CCCC(C)(C(C)C)C1. The first-order valence-electron chi connectivity index (χ1n) is 6.86. The zero-order valence-electron chi connectivity index (χ0n) is 11.9. The Labute approximate surface area is 109 Å². The van der Waals surface area contributed by atoms with Crippen LogP contribution in [-0.2, 0) is 14.3 Å². The van der Waals surface area contributed by atoms with E-state index in [1.165, 1.54) is 6.42 Å². The molecule has 0 bridgehead atoms. The Balaban J connectivity index is 2.53. The van der Waals surface area contributed by atoms with Gasteiger partial charge in [0.05, 0.1) is 6.61 Å². The number of hydrogen-bond acceptors (Lipinski definition) is 3. The lowest BCUT2D eigenvalue weighted by Crippen LogP contribution is -2.45. The van der Waals surface area contributed by atoms with Crippen molar-refractivity contribution in [1.82, 2.24) is 5.32 Å². The second-order valence-corrected chi connectivity index (χ2v) is 5.80. The van der Waals surface area contributed by atoms with Crippen molar-refractivity contribution in [1.29, 1.82) is 0 Å². The van der Waals surface area contributed by atoms with Crippen LogP contribution in [0.15, 0.2) is 0 Å². The highest BCUT2D eigenvalue weighted by Gasteiger charge is 2.35. The molecule has 0 radical (unpaired) electrons. The molecule has 18 heavy (non-hydrogen) atoms. The quantitative estimate of drug-likeness (QED) is 0.621. The van der Waals surface area contributed by atoms with Crippen LogP contribution in [0, 0.1) is 11.3 Å². The van der Waals surface area contributed by atoms with Crippen molar-refractivity contribution in [3.8, 4) is 0 Å². The van der Waals surface area contributed by atoms with Crippen LogP contribution in [0.1, 0.15) is 53.4 Å². The third kappa shape index (κ3) is 3.72. The molecule has 1 aliphatic carbocycles. The molecule has 0 aromatic heterocycles. The molecular formula is C14H25NO3. The molecule has 2 atom stereocenters. The summed E-state index contributed by atoms with van der Waals surface area (Å²) in [7, 11) is 0. The molecule has 0 aliphatic heterocycles. The molecule has 2 unspecified atom stereocenters. The Hall–Kier alpha value is -1.06. The maximum Gasteiger partial charge on any atom is 0.396 e. The van der Waals surface area contributed by atoms with Crippen LogP contribution in [0.4, 0.5) is 0 Å². The van der Waals surface area contributed by atoms with Crippen molar-refractivity contribution < 1.29 is 14.3 Å². The number of nitrogens with one attached hydrogen (secondary N) is 1. The molecular weight excluding hydrogens is 230 g/mol. The van der Waals surface area contributed by atoms with Crippen molar-refractivity contribution >= 4 is 11.9 Å². The number of carbonyl (C=O) groups is 2. The van der Waals surface area contributed by atoms with Gasteiger partial charge >= 0.3 is 11.9 Å². The van der Waals surface area contributed by atoms with Crippen LogP contribution in [0.25, 0.3) is 0 Å². The fourth-order valence-electron chi connectivity index (χ4n) is 2.61. The third-order valence-electron chi connectivity index (χ3n) is 4.20. The Kier molecular flexibility index (Phi) is 5.17. The Morgan fingerprint density at radius 1 is 1.44 bits per heavy atom. The summed E-state index contributed by atoms with van der Waals surface area (Å²) in [5.41, 5.74) is 0.255.